The van der Waals surface area contributed by atoms with Crippen molar-refractivity contribution in [1.82, 2.24) is 14.9 Å². The van der Waals surface area contributed by atoms with Gasteiger partial charge in [-0.15, -0.1) is 0 Å². The SMILES string of the molecule is CC(C)(O)Cn1cc(C(=O)N[C@@H](c2ccc(OCF)c(F)c2)c2ncccc2F)ccc1=O. The minimum Gasteiger partial charge on any atom is -0.460 e. The molecule has 3 aromatic rings. The summed E-state index contributed by atoms with van der Waals surface area (Å²) in [7, 11) is 0. The normalized spacial score (nSPS) is 12.3. The molecule has 0 aliphatic carbocycles. The maximum Gasteiger partial charge on any atom is 0.253 e. The molecule has 0 aliphatic heterocycles. The molecule has 2 N–H and O–H groups in total. The Hall–Kier alpha value is -3.66. The second-order valence-electron chi connectivity index (χ2n) is 7.92. The second-order valence-corrected chi connectivity index (χ2v) is 7.92. The van der Waals surface area contributed by atoms with E-state index in [0.29, 0.717) is 0 Å². The van der Waals surface area contributed by atoms with E-state index in [1.54, 1.807) is 0 Å². The van der Waals surface area contributed by atoms with Gasteiger partial charge >= 0.3 is 0 Å². The number of hydrogen-bond donors (Lipinski definition) is 2. The molecule has 2 heterocycles. The summed E-state index contributed by atoms with van der Waals surface area (Å²) in [6.45, 7) is 1.73. The van der Waals surface area contributed by atoms with E-state index in [4.69, 9.17) is 0 Å². The molecule has 7 nitrogen and oxygen atoms in total. The van der Waals surface area contributed by atoms with Gasteiger partial charge in [-0.25, -0.2) is 13.2 Å². The van der Waals surface area contributed by atoms with E-state index in [-0.39, 0.29) is 29.1 Å². The van der Waals surface area contributed by atoms with Crippen molar-refractivity contribution in [2.45, 2.75) is 32.0 Å². The molecular formula is C23H22F3N3O4. The Kier molecular flexibility index (Phi) is 7.17. The van der Waals surface area contributed by atoms with Crippen molar-refractivity contribution in [2.24, 2.45) is 0 Å². The topological polar surface area (TPSA) is 93.5 Å². The van der Waals surface area contributed by atoms with Gasteiger partial charge < -0.3 is 19.7 Å². The van der Waals surface area contributed by atoms with Crippen LogP contribution in [0.25, 0.3) is 0 Å². The first kappa shape index (κ1) is 24.0. The van der Waals surface area contributed by atoms with Crippen LogP contribution >= 0.6 is 0 Å². The third-order valence-corrected chi connectivity index (χ3v) is 4.64. The number of halogens is 3. The molecule has 0 radical (unpaired) electrons. The maximum absolute atomic E-state index is 14.5. The van der Waals surface area contributed by atoms with Gasteiger partial charge in [0.2, 0.25) is 6.86 Å². The largest absolute Gasteiger partial charge is 0.460 e. The number of carbonyl (C=O) groups excluding carboxylic acids is 1. The van der Waals surface area contributed by atoms with Crippen molar-refractivity contribution in [3.63, 3.8) is 0 Å². The zero-order valence-corrected chi connectivity index (χ0v) is 17.9. The van der Waals surface area contributed by atoms with E-state index >= 15 is 0 Å². The number of nitrogens with zero attached hydrogens (tertiary/aromatic N) is 2. The number of nitrogens with one attached hydrogen (secondary N) is 1. The van der Waals surface area contributed by atoms with Crippen LogP contribution in [0.3, 0.4) is 0 Å². The van der Waals surface area contributed by atoms with Crippen molar-refractivity contribution in [1.29, 1.82) is 0 Å². The number of benzene rings is 1. The number of pyridine rings is 2. The van der Waals surface area contributed by atoms with Crippen molar-refractivity contribution in [2.75, 3.05) is 6.86 Å². The summed E-state index contributed by atoms with van der Waals surface area (Å²) in [5.41, 5.74) is -1.62. The zero-order chi connectivity index (χ0) is 24.2. The molecule has 0 unspecified atom stereocenters. The van der Waals surface area contributed by atoms with Gasteiger partial charge in [0.25, 0.3) is 11.5 Å². The predicted octanol–water partition coefficient (Wildman–Crippen LogP) is 3.12. The number of amides is 1. The van der Waals surface area contributed by atoms with Gasteiger partial charge in [-0.2, -0.15) is 0 Å². The van der Waals surface area contributed by atoms with Crippen molar-refractivity contribution in [3.05, 3.63) is 93.7 Å². The average Bonchev–Trinajstić information content (AvgIpc) is 2.75. The molecule has 0 bridgehead atoms. The van der Waals surface area contributed by atoms with Crippen LogP contribution in [0.2, 0.25) is 0 Å². The summed E-state index contributed by atoms with van der Waals surface area (Å²) < 4.78 is 47.0. The molecule has 2 aromatic heterocycles. The lowest BCUT2D eigenvalue weighted by molar-refractivity contribution is 0.0602. The Bertz CT molecular complexity index is 1210. The molecule has 0 fully saturated rings. The molecule has 174 valence electrons. The standard InChI is InChI=1S/C23H22F3N3O4/c1-23(2,32)12-29-11-15(6-8-19(29)30)22(31)28-20(21-16(25)4-3-9-27-21)14-5-7-18(33-13-24)17(26)10-14/h3-11,20,32H,12-13H2,1-2H3,(H,28,31)/t20-/m0/s1. The molecule has 0 spiro atoms. The fourth-order valence-electron chi connectivity index (χ4n) is 3.21. The smallest absolute Gasteiger partial charge is 0.253 e. The summed E-state index contributed by atoms with van der Waals surface area (Å²) >= 11 is 0. The van der Waals surface area contributed by atoms with Crippen LogP contribution in [0, 0.1) is 11.6 Å². The number of alkyl halides is 1. The van der Waals surface area contributed by atoms with E-state index in [0.717, 1.165) is 18.2 Å². The highest BCUT2D eigenvalue weighted by Gasteiger charge is 2.24. The Morgan fingerprint density at radius 2 is 1.97 bits per heavy atom. The molecule has 3 rings (SSSR count). The van der Waals surface area contributed by atoms with Crippen LogP contribution < -0.4 is 15.6 Å². The average molecular weight is 461 g/mol. The van der Waals surface area contributed by atoms with Crippen LogP contribution in [0.4, 0.5) is 13.2 Å². The Labute approximate surface area is 187 Å². The lowest BCUT2D eigenvalue weighted by Gasteiger charge is -2.21. The lowest BCUT2D eigenvalue weighted by atomic mass is 10.0. The van der Waals surface area contributed by atoms with Gasteiger partial charge in [0, 0.05) is 18.5 Å². The van der Waals surface area contributed by atoms with Gasteiger partial charge in [-0.1, -0.05) is 6.07 Å². The molecule has 1 aromatic carbocycles. The summed E-state index contributed by atoms with van der Waals surface area (Å²) in [5.74, 6) is -2.68. The van der Waals surface area contributed by atoms with Gasteiger partial charge in [-0.3, -0.25) is 14.6 Å². The van der Waals surface area contributed by atoms with Crippen LogP contribution in [0.15, 0.2) is 59.7 Å². The molecular weight excluding hydrogens is 439 g/mol. The third-order valence-electron chi connectivity index (χ3n) is 4.64. The fourth-order valence-corrected chi connectivity index (χ4v) is 3.21. The molecule has 33 heavy (non-hydrogen) atoms. The van der Waals surface area contributed by atoms with E-state index < -0.39 is 41.6 Å². The number of ether oxygens (including phenoxy) is 1. The zero-order valence-electron chi connectivity index (χ0n) is 17.9. The van der Waals surface area contributed by atoms with Crippen LogP contribution in [0.5, 0.6) is 5.75 Å². The van der Waals surface area contributed by atoms with E-state index in [9.17, 15) is 27.9 Å². The number of hydrogen-bond acceptors (Lipinski definition) is 5. The molecule has 0 saturated heterocycles. The van der Waals surface area contributed by atoms with Gasteiger partial charge in [0.05, 0.1) is 23.8 Å². The van der Waals surface area contributed by atoms with E-state index in [2.05, 4.69) is 15.0 Å². The summed E-state index contributed by atoms with van der Waals surface area (Å²) in [4.78, 5) is 29.1. The minimum atomic E-state index is -1.23. The maximum atomic E-state index is 14.5. The van der Waals surface area contributed by atoms with Crippen LogP contribution in [0.1, 0.15) is 41.5 Å². The highest BCUT2D eigenvalue weighted by molar-refractivity contribution is 5.94. The monoisotopic (exact) mass is 461 g/mol. The first-order valence-corrected chi connectivity index (χ1v) is 9.91. The van der Waals surface area contributed by atoms with Crippen molar-refractivity contribution in [3.8, 4) is 5.75 Å². The summed E-state index contributed by atoms with van der Waals surface area (Å²) in [6.07, 6.45) is 2.58. The number of rotatable bonds is 8. The van der Waals surface area contributed by atoms with Gasteiger partial charge in [-0.05, 0) is 49.7 Å². The van der Waals surface area contributed by atoms with Crippen molar-refractivity contribution >= 4 is 5.91 Å². The van der Waals surface area contributed by atoms with Crippen LogP contribution in [-0.2, 0) is 6.54 Å². The fraction of sp³-hybridized carbons (Fsp3) is 0.261. The van der Waals surface area contributed by atoms with E-state index in [1.165, 1.54) is 55.1 Å². The summed E-state index contributed by atoms with van der Waals surface area (Å²) in [6, 6.07) is 7.24. The number of aliphatic hydroxyl groups is 1. The van der Waals surface area contributed by atoms with Gasteiger partial charge in [0.1, 0.15) is 11.5 Å². The Morgan fingerprint density at radius 3 is 2.61 bits per heavy atom. The molecule has 1 amide bonds. The molecule has 1 atom stereocenters. The molecule has 0 saturated carbocycles. The van der Waals surface area contributed by atoms with E-state index in [1.807, 2.05) is 0 Å². The van der Waals surface area contributed by atoms with Crippen LogP contribution in [-0.4, -0.2) is 33.0 Å². The third kappa shape index (κ3) is 5.98. The molecule has 10 heteroatoms. The van der Waals surface area contributed by atoms with Crippen molar-refractivity contribution < 1.29 is 27.8 Å². The highest BCUT2D eigenvalue weighted by atomic mass is 19.1. The minimum absolute atomic E-state index is 0.0537. The predicted molar refractivity (Wildman–Crippen MR) is 114 cm³/mol. The molecule has 0 aliphatic rings. The summed E-state index contributed by atoms with van der Waals surface area (Å²) in [5, 5.41) is 12.6. The lowest BCUT2D eigenvalue weighted by Crippen LogP contribution is -2.34. The van der Waals surface area contributed by atoms with Gasteiger partial charge in [0.15, 0.2) is 11.6 Å². The quantitative estimate of drug-likeness (QED) is 0.538. The highest BCUT2D eigenvalue weighted by Crippen LogP contribution is 2.27. The first-order chi connectivity index (χ1) is 15.6. The second kappa shape index (κ2) is 9.86. The number of carbonyl (C=O) groups is 1. The Balaban J connectivity index is 1.99. The Morgan fingerprint density at radius 1 is 1.21 bits per heavy atom. The first-order valence-electron chi connectivity index (χ1n) is 9.91. The number of aromatic nitrogens is 2.